The molecule has 2 heterocycles. The van der Waals surface area contributed by atoms with Crippen LogP contribution in [0, 0.1) is 11.6 Å². The van der Waals surface area contributed by atoms with Crippen molar-refractivity contribution in [1.29, 1.82) is 0 Å². The van der Waals surface area contributed by atoms with Crippen LogP contribution in [0.3, 0.4) is 0 Å². The van der Waals surface area contributed by atoms with E-state index in [9.17, 15) is 13.6 Å². The molecule has 0 radical (unpaired) electrons. The molecule has 0 saturated heterocycles. The van der Waals surface area contributed by atoms with Gasteiger partial charge in [0.05, 0.1) is 0 Å². The number of halogens is 2. The first-order chi connectivity index (χ1) is 10.9. The van der Waals surface area contributed by atoms with Gasteiger partial charge < -0.3 is 11.1 Å². The number of fused-ring (bicyclic) bond motifs is 1. The first kappa shape index (κ1) is 15.1. The van der Waals surface area contributed by atoms with E-state index < -0.39 is 11.6 Å². The Hall–Kier alpha value is -2.77. The average Bonchev–Trinajstić information content (AvgIpc) is 2.89. The number of amides is 1. The molecule has 3 N–H and O–H groups in total. The molecule has 0 saturated carbocycles. The zero-order valence-corrected chi connectivity index (χ0v) is 12.4. The van der Waals surface area contributed by atoms with E-state index in [1.807, 2.05) is 6.92 Å². The molecule has 0 spiro atoms. The maximum absolute atomic E-state index is 13.1. The number of benzene rings is 1. The molecule has 1 atom stereocenters. The summed E-state index contributed by atoms with van der Waals surface area (Å²) in [7, 11) is 0. The van der Waals surface area contributed by atoms with E-state index >= 15 is 0 Å². The lowest BCUT2D eigenvalue weighted by molar-refractivity contribution is -0.114. The normalized spacial score (nSPS) is 19.7. The summed E-state index contributed by atoms with van der Waals surface area (Å²) >= 11 is 0. The maximum Gasteiger partial charge on any atom is 0.269 e. The van der Waals surface area contributed by atoms with Crippen LogP contribution < -0.4 is 11.1 Å². The number of hydrogen-bond donors (Lipinski definition) is 2. The van der Waals surface area contributed by atoms with Crippen molar-refractivity contribution < 1.29 is 13.6 Å². The molecule has 0 fully saturated rings. The van der Waals surface area contributed by atoms with Crippen LogP contribution in [-0.2, 0) is 11.3 Å². The molecule has 1 unspecified atom stereocenters. The lowest BCUT2D eigenvalue weighted by Crippen LogP contribution is -2.36. The van der Waals surface area contributed by atoms with Crippen LogP contribution in [0.25, 0.3) is 0 Å². The Labute approximate surface area is 131 Å². The maximum atomic E-state index is 13.1. The molecular formula is C15H15F2N5O. The van der Waals surface area contributed by atoms with Crippen molar-refractivity contribution in [2.45, 2.75) is 26.1 Å². The van der Waals surface area contributed by atoms with Crippen molar-refractivity contribution in [2.75, 3.05) is 0 Å². The van der Waals surface area contributed by atoms with Gasteiger partial charge >= 0.3 is 0 Å². The largest absolute Gasteiger partial charge is 0.386 e. The second kappa shape index (κ2) is 5.79. The number of allylic oxidation sites excluding steroid dienone is 1. The topological polar surface area (TPSA) is 83.1 Å². The Kier molecular flexibility index (Phi) is 3.81. The second-order valence-electron chi connectivity index (χ2n) is 5.35. The molecule has 0 bridgehead atoms. The quantitative estimate of drug-likeness (QED) is 0.879. The highest BCUT2D eigenvalue weighted by Gasteiger charge is 2.30. The van der Waals surface area contributed by atoms with E-state index in [0.29, 0.717) is 17.8 Å². The number of hydrazone groups is 1. The molecule has 2 aliphatic heterocycles. The summed E-state index contributed by atoms with van der Waals surface area (Å²) in [6.45, 7) is 1.89. The van der Waals surface area contributed by atoms with Crippen molar-refractivity contribution in [1.82, 2.24) is 10.3 Å². The molecule has 8 heteroatoms. The highest BCUT2D eigenvalue weighted by atomic mass is 19.2. The zero-order chi connectivity index (χ0) is 16.6. The van der Waals surface area contributed by atoms with E-state index in [0.717, 1.165) is 17.8 Å². The SMILES string of the molecule is CC1=CC(C(=O)NCc2ccc(F)c(F)c2)=NC2CC(N)=NN12. The fraction of sp³-hybridized carbons (Fsp3) is 0.267. The van der Waals surface area contributed by atoms with Crippen LogP contribution in [0.2, 0.25) is 0 Å². The first-order valence-electron chi connectivity index (χ1n) is 7.04. The van der Waals surface area contributed by atoms with Gasteiger partial charge in [-0.05, 0) is 30.7 Å². The highest BCUT2D eigenvalue weighted by molar-refractivity contribution is 6.43. The predicted octanol–water partition coefficient (Wildman–Crippen LogP) is 1.24. The van der Waals surface area contributed by atoms with E-state index in [2.05, 4.69) is 15.4 Å². The predicted molar refractivity (Wildman–Crippen MR) is 81.3 cm³/mol. The third-order valence-electron chi connectivity index (χ3n) is 3.58. The minimum atomic E-state index is -0.947. The highest BCUT2D eigenvalue weighted by Crippen LogP contribution is 2.24. The van der Waals surface area contributed by atoms with Crippen LogP contribution >= 0.6 is 0 Å². The molecule has 0 aliphatic carbocycles. The molecule has 0 aromatic heterocycles. The van der Waals surface area contributed by atoms with Crippen LogP contribution in [0.4, 0.5) is 8.78 Å². The number of aliphatic imine (C=N–C) groups is 1. The third kappa shape index (κ3) is 3.05. The molecule has 120 valence electrons. The van der Waals surface area contributed by atoms with Gasteiger partial charge in [0.2, 0.25) is 0 Å². The average molecular weight is 319 g/mol. The van der Waals surface area contributed by atoms with E-state index in [1.165, 1.54) is 6.07 Å². The van der Waals surface area contributed by atoms with Gasteiger partial charge in [-0.3, -0.25) is 9.79 Å². The number of nitrogens with one attached hydrogen (secondary N) is 1. The molecule has 23 heavy (non-hydrogen) atoms. The molecule has 1 aromatic rings. The van der Waals surface area contributed by atoms with Crippen molar-refractivity contribution in [3.05, 3.63) is 47.2 Å². The Morgan fingerprint density at radius 1 is 1.43 bits per heavy atom. The van der Waals surface area contributed by atoms with Crippen LogP contribution in [-0.4, -0.2) is 28.6 Å². The van der Waals surface area contributed by atoms with Gasteiger partial charge in [0.1, 0.15) is 17.7 Å². The standard InChI is InChI=1S/C15H15F2N5O/c1-8-4-12(20-14-6-13(18)21-22(8)14)15(23)19-7-9-2-3-10(16)11(17)5-9/h2-5,14H,6-7H2,1H3,(H2,18,21)(H,19,23). The minimum absolute atomic E-state index is 0.0783. The summed E-state index contributed by atoms with van der Waals surface area (Å²) in [4.78, 5) is 16.5. The van der Waals surface area contributed by atoms with E-state index in [4.69, 9.17) is 5.73 Å². The minimum Gasteiger partial charge on any atom is -0.386 e. The Morgan fingerprint density at radius 2 is 2.22 bits per heavy atom. The van der Waals surface area contributed by atoms with Crippen LogP contribution in [0.1, 0.15) is 18.9 Å². The molecule has 2 aliphatic rings. The fourth-order valence-electron chi connectivity index (χ4n) is 2.44. The van der Waals surface area contributed by atoms with Crippen molar-refractivity contribution in [3.8, 4) is 0 Å². The Balaban J connectivity index is 1.67. The Bertz CT molecular complexity index is 756. The Morgan fingerprint density at radius 3 is 2.96 bits per heavy atom. The summed E-state index contributed by atoms with van der Waals surface area (Å²) in [5.74, 6) is -1.79. The lowest BCUT2D eigenvalue weighted by Gasteiger charge is -2.25. The van der Waals surface area contributed by atoms with Crippen molar-refractivity contribution >= 4 is 17.5 Å². The lowest BCUT2D eigenvalue weighted by atomic mass is 10.2. The third-order valence-corrected chi connectivity index (χ3v) is 3.58. The number of nitrogens with zero attached hydrogens (tertiary/aromatic N) is 3. The number of hydrogen-bond acceptors (Lipinski definition) is 5. The zero-order valence-electron chi connectivity index (χ0n) is 12.4. The molecule has 1 amide bonds. The second-order valence-corrected chi connectivity index (χ2v) is 5.35. The van der Waals surface area contributed by atoms with Gasteiger partial charge in [-0.25, -0.2) is 13.8 Å². The summed E-state index contributed by atoms with van der Waals surface area (Å²) in [5.41, 5.74) is 7.17. The summed E-state index contributed by atoms with van der Waals surface area (Å²) in [5, 5.41) is 8.44. The molecular weight excluding hydrogens is 304 g/mol. The van der Waals surface area contributed by atoms with Gasteiger partial charge in [0, 0.05) is 18.7 Å². The summed E-state index contributed by atoms with van der Waals surface area (Å²) < 4.78 is 26.0. The number of rotatable bonds is 3. The number of carbonyl (C=O) groups excluding carboxylic acids is 1. The van der Waals surface area contributed by atoms with Gasteiger partial charge in [-0.2, -0.15) is 5.10 Å². The van der Waals surface area contributed by atoms with Gasteiger partial charge in [0.15, 0.2) is 11.6 Å². The monoisotopic (exact) mass is 319 g/mol. The number of carbonyl (C=O) groups is 1. The fourth-order valence-corrected chi connectivity index (χ4v) is 2.44. The van der Waals surface area contributed by atoms with Gasteiger partial charge in [-0.1, -0.05) is 6.07 Å². The van der Waals surface area contributed by atoms with Gasteiger partial charge in [-0.15, -0.1) is 0 Å². The van der Waals surface area contributed by atoms with Crippen LogP contribution in [0.5, 0.6) is 0 Å². The number of nitrogens with two attached hydrogens (primary N) is 1. The van der Waals surface area contributed by atoms with Crippen molar-refractivity contribution in [2.24, 2.45) is 15.8 Å². The van der Waals surface area contributed by atoms with Gasteiger partial charge in [0.25, 0.3) is 5.91 Å². The molecule has 3 rings (SSSR count). The summed E-state index contributed by atoms with van der Waals surface area (Å²) in [6.07, 6.45) is 1.77. The van der Waals surface area contributed by atoms with Crippen molar-refractivity contribution in [3.63, 3.8) is 0 Å². The first-order valence-corrected chi connectivity index (χ1v) is 7.04. The molecule has 6 nitrogen and oxygen atoms in total. The van der Waals surface area contributed by atoms with E-state index in [-0.39, 0.29) is 24.3 Å². The van der Waals surface area contributed by atoms with Crippen LogP contribution in [0.15, 0.2) is 40.1 Å². The van der Waals surface area contributed by atoms with E-state index in [1.54, 1.807) is 11.1 Å². The molecule has 1 aromatic carbocycles. The summed E-state index contributed by atoms with van der Waals surface area (Å²) in [6, 6.07) is 3.48. The smallest absolute Gasteiger partial charge is 0.269 e. The number of amidine groups is 1.